The molecule has 0 spiro atoms. The number of hydrogen-bond donors (Lipinski definition) is 0. The van der Waals surface area contributed by atoms with E-state index < -0.39 is 5.97 Å². The molecule has 3 aromatic carbocycles. The van der Waals surface area contributed by atoms with Crippen LogP contribution in [0.15, 0.2) is 72.8 Å². The summed E-state index contributed by atoms with van der Waals surface area (Å²) < 4.78 is 20.8. The molecule has 3 aromatic rings. The maximum Gasteiger partial charge on any atom is 0.338 e. The molecule has 0 aliphatic carbocycles. The Labute approximate surface area is 184 Å². The van der Waals surface area contributed by atoms with Gasteiger partial charge in [0, 0.05) is 5.57 Å². The number of rotatable bonds is 9. The third-order valence-electron chi connectivity index (χ3n) is 4.53. The summed E-state index contributed by atoms with van der Waals surface area (Å²) in [7, 11) is 1.51. The maximum absolute atomic E-state index is 11.7. The lowest BCUT2D eigenvalue weighted by molar-refractivity contribution is -0.130. The first-order chi connectivity index (χ1) is 15.5. The van der Waals surface area contributed by atoms with Crippen LogP contribution in [0.4, 0.5) is 0 Å². The Morgan fingerprint density at radius 3 is 1.91 bits per heavy atom. The molecule has 7 nitrogen and oxygen atoms in total. The molecule has 3 rings (SSSR count). The van der Waals surface area contributed by atoms with Gasteiger partial charge in [-0.25, -0.2) is 4.79 Å². The number of carbonyl (C=O) groups is 3. The van der Waals surface area contributed by atoms with Crippen molar-refractivity contribution in [3.8, 4) is 45.3 Å². The fraction of sp³-hybridized carbons (Fsp3) is 0.0800. The fourth-order valence-electron chi connectivity index (χ4n) is 3.01. The summed E-state index contributed by atoms with van der Waals surface area (Å²) in [6.45, 7) is 5.81. The van der Waals surface area contributed by atoms with Gasteiger partial charge in [-0.05, 0) is 60.0 Å². The zero-order valence-electron chi connectivity index (χ0n) is 17.5. The predicted molar refractivity (Wildman–Crippen MR) is 118 cm³/mol. The van der Waals surface area contributed by atoms with Gasteiger partial charge in [0.2, 0.25) is 0 Å². The number of hydrogen-bond acceptors (Lipinski definition) is 7. The molecule has 0 saturated heterocycles. The zero-order chi connectivity index (χ0) is 23.1. The van der Waals surface area contributed by atoms with Gasteiger partial charge >= 0.3 is 5.97 Å². The van der Waals surface area contributed by atoms with Crippen LogP contribution in [-0.4, -0.2) is 26.0 Å². The smallest absolute Gasteiger partial charge is 0.338 e. The SMILES string of the molecule is C=C(C)C(=O)Oc1ccc(-c2cc(OC)c(-c3ccc(OC=O)cc3)c(OC=O)c2)cc1. The van der Waals surface area contributed by atoms with Crippen molar-refractivity contribution in [1.29, 1.82) is 0 Å². The molecule has 7 heteroatoms. The zero-order valence-corrected chi connectivity index (χ0v) is 17.5. The van der Waals surface area contributed by atoms with Crippen molar-refractivity contribution in [3.05, 3.63) is 72.8 Å². The third-order valence-corrected chi connectivity index (χ3v) is 4.53. The highest BCUT2D eigenvalue weighted by atomic mass is 16.5. The summed E-state index contributed by atoms with van der Waals surface area (Å²) >= 11 is 0. The lowest BCUT2D eigenvalue weighted by Gasteiger charge is -2.16. The molecule has 0 amide bonds. The molecule has 0 unspecified atom stereocenters. The molecule has 0 heterocycles. The van der Waals surface area contributed by atoms with E-state index in [-0.39, 0.29) is 5.75 Å². The first kappa shape index (κ1) is 22.3. The van der Waals surface area contributed by atoms with E-state index in [1.807, 2.05) is 0 Å². The summed E-state index contributed by atoms with van der Waals surface area (Å²) in [5.41, 5.74) is 3.07. The van der Waals surface area contributed by atoms with E-state index in [4.69, 9.17) is 18.9 Å². The molecule has 0 N–H and O–H groups in total. The second kappa shape index (κ2) is 10.1. The molecule has 0 saturated carbocycles. The van der Waals surface area contributed by atoms with Crippen molar-refractivity contribution in [1.82, 2.24) is 0 Å². The highest BCUT2D eigenvalue weighted by Gasteiger charge is 2.17. The monoisotopic (exact) mass is 432 g/mol. The Balaban J connectivity index is 2.01. The summed E-state index contributed by atoms with van der Waals surface area (Å²) in [5.74, 6) is 1.02. The standard InChI is InChI=1S/C25H20O7/c1-16(2)25(28)32-21-10-4-17(5-11-21)19-12-22(29-3)24(23(13-19)31-15-27)18-6-8-20(9-7-18)30-14-26/h4-15H,1H2,2-3H3. The average Bonchev–Trinajstić information content (AvgIpc) is 2.80. The Bertz CT molecular complexity index is 1150. The normalized spacial score (nSPS) is 10.1. The first-order valence-electron chi connectivity index (χ1n) is 9.48. The van der Waals surface area contributed by atoms with Crippen molar-refractivity contribution in [2.24, 2.45) is 0 Å². The van der Waals surface area contributed by atoms with Gasteiger partial charge in [0.25, 0.3) is 12.9 Å². The van der Waals surface area contributed by atoms with E-state index in [1.54, 1.807) is 67.6 Å². The molecule has 0 radical (unpaired) electrons. The number of methoxy groups -OCH3 is 1. The molecule has 0 atom stereocenters. The fourth-order valence-corrected chi connectivity index (χ4v) is 3.01. The quantitative estimate of drug-likeness (QED) is 0.212. The van der Waals surface area contributed by atoms with Crippen LogP contribution in [0.25, 0.3) is 22.3 Å². The Morgan fingerprint density at radius 1 is 0.781 bits per heavy atom. The van der Waals surface area contributed by atoms with Gasteiger partial charge in [-0.2, -0.15) is 0 Å². The van der Waals surface area contributed by atoms with Crippen LogP contribution in [0.5, 0.6) is 23.0 Å². The molecular formula is C25H20O7. The van der Waals surface area contributed by atoms with Crippen molar-refractivity contribution in [3.63, 3.8) is 0 Å². The summed E-state index contributed by atoms with van der Waals surface area (Å²) in [6, 6.07) is 17.0. The Hall–Kier alpha value is -4.39. The van der Waals surface area contributed by atoms with Gasteiger partial charge in [-0.1, -0.05) is 30.8 Å². The van der Waals surface area contributed by atoms with Gasteiger partial charge < -0.3 is 18.9 Å². The molecule has 162 valence electrons. The van der Waals surface area contributed by atoms with Crippen molar-refractivity contribution >= 4 is 18.9 Å². The van der Waals surface area contributed by atoms with E-state index in [2.05, 4.69) is 6.58 Å². The second-order valence-electron chi connectivity index (χ2n) is 6.70. The van der Waals surface area contributed by atoms with Gasteiger partial charge in [-0.3, -0.25) is 9.59 Å². The topological polar surface area (TPSA) is 88.1 Å². The van der Waals surface area contributed by atoms with E-state index in [0.29, 0.717) is 46.9 Å². The molecule has 0 aromatic heterocycles. The maximum atomic E-state index is 11.7. The second-order valence-corrected chi connectivity index (χ2v) is 6.70. The summed E-state index contributed by atoms with van der Waals surface area (Å²) in [6.07, 6.45) is 0. The summed E-state index contributed by atoms with van der Waals surface area (Å²) in [4.78, 5) is 33.4. The lowest BCUT2D eigenvalue weighted by Crippen LogP contribution is -2.07. The van der Waals surface area contributed by atoms with Crippen molar-refractivity contribution in [2.45, 2.75) is 6.92 Å². The highest BCUT2D eigenvalue weighted by Crippen LogP contribution is 2.42. The molecular weight excluding hydrogens is 412 g/mol. The molecule has 0 aliphatic rings. The van der Waals surface area contributed by atoms with Crippen LogP contribution in [0.1, 0.15) is 6.92 Å². The van der Waals surface area contributed by atoms with Gasteiger partial charge in [0.1, 0.15) is 23.0 Å². The van der Waals surface area contributed by atoms with Crippen molar-refractivity contribution in [2.75, 3.05) is 7.11 Å². The Kier molecular flexibility index (Phi) is 7.02. The molecule has 0 fully saturated rings. The van der Waals surface area contributed by atoms with Crippen LogP contribution in [0, 0.1) is 0 Å². The summed E-state index contributed by atoms with van der Waals surface area (Å²) in [5, 5.41) is 0. The minimum atomic E-state index is -0.505. The van der Waals surface area contributed by atoms with Crippen LogP contribution in [-0.2, 0) is 14.4 Å². The molecule has 0 aliphatic heterocycles. The van der Waals surface area contributed by atoms with Gasteiger partial charge in [0.15, 0.2) is 0 Å². The number of benzene rings is 3. The minimum Gasteiger partial charge on any atom is -0.496 e. The third kappa shape index (κ3) is 5.02. The lowest BCUT2D eigenvalue weighted by atomic mass is 9.97. The van der Waals surface area contributed by atoms with Crippen LogP contribution >= 0.6 is 0 Å². The largest absolute Gasteiger partial charge is 0.496 e. The van der Waals surface area contributed by atoms with Crippen LogP contribution < -0.4 is 18.9 Å². The van der Waals surface area contributed by atoms with E-state index in [0.717, 1.165) is 11.1 Å². The first-order valence-corrected chi connectivity index (χ1v) is 9.48. The predicted octanol–water partition coefficient (Wildman–Crippen LogP) is 4.58. The van der Waals surface area contributed by atoms with Crippen LogP contribution in [0.2, 0.25) is 0 Å². The number of ether oxygens (including phenoxy) is 4. The van der Waals surface area contributed by atoms with Gasteiger partial charge in [-0.15, -0.1) is 0 Å². The van der Waals surface area contributed by atoms with Crippen molar-refractivity contribution < 1.29 is 33.3 Å². The molecule has 32 heavy (non-hydrogen) atoms. The average molecular weight is 432 g/mol. The van der Waals surface area contributed by atoms with Crippen LogP contribution in [0.3, 0.4) is 0 Å². The highest BCUT2D eigenvalue weighted by molar-refractivity contribution is 5.89. The van der Waals surface area contributed by atoms with E-state index in [9.17, 15) is 14.4 Å². The van der Waals surface area contributed by atoms with E-state index >= 15 is 0 Å². The van der Waals surface area contributed by atoms with Gasteiger partial charge in [0.05, 0.1) is 12.7 Å². The number of carbonyl (C=O) groups excluding carboxylic acids is 3. The van der Waals surface area contributed by atoms with E-state index in [1.165, 1.54) is 7.11 Å². The minimum absolute atomic E-state index is 0.288. The molecule has 0 bridgehead atoms. The Morgan fingerprint density at radius 2 is 1.34 bits per heavy atom. The number of esters is 1.